The smallest absolute Gasteiger partial charge is 0.323 e. The van der Waals surface area contributed by atoms with Gasteiger partial charge in [0.1, 0.15) is 5.54 Å². The summed E-state index contributed by atoms with van der Waals surface area (Å²) in [6, 6.07) is 0.451. The molecule has 4 nitrogen and oxygen atoms in total. The van der Waals surface area contributed by atoms with Crippen LogP contribution in [-0.4, -0.2) is 47.7 Å². The molecule has 0 aromatic rings. The maximum absolute atomic E-state index is 11.6. The van der Waals surface area contributed by atoms with E-state index >= 15 is 0 Å². The molecule has 1 heterocycles. The molecule has 0 spiro atoms. The molecule has 110 valence electrons. The van der Waals surface area contributed by atoms with Crippen LogP contribution in [0, 0.1) is 5.92 Å². The van der Waals surface area contributed by atoms with E-state index < -0.39 is 11.5 Å². The number of piperidine rings is 1. The van der Waals surface area contributed by atoms with E-state index in [0.717, 1.165) is 38.1 Å². The lowest BCUT2D eigenvalue weighted by molar-refractivity contribution is -0.147. The molecule has 1 aliphatic heterocycles. The van der Waals surface area contributed by atoms with Crippen molar-refractivity contribution < 1.29 is 9.90 Å². The van der Waals surface area contributed by atoms with Gasteiger partial charge in [0.05, 0.1) is 0 Å². The number of nitrogens with zero attached hydrogens (tertiary/aromatic N) is 1. The Labute approximate surface area is 116 Å². The van der Waals surface area contributed by atoms with Crippen molar-refractivity contribution >= 4 is 5.97 Å². The highest BCUT2D eigenvalue weighted by molar-refractivity contribution is 5.79. The van der Waals surface area contributed by atoms with Gasteiger partial charge < -0.3 is 15.3 Å². The standard InChI is InChI=1S/C15H28N2O2/c1-3-12-6-5-9-17(11-12)13-7-4-8-15(10-13,16-2)14(18)19/h12-13,16H,3-11H2,1-2H3,(H,18,19). The second kappa shape index (κ2) is 6.23. The highest BCUT2D eigenvalue weighted by Crippen LogP contribution is 2.33. The molecule has 0 bridgehead atoms. The van der Waals surface area contributed by atoms with Crippen LogP contribution in [0.25, 0.3) is 0 Å². The molecular formula is C15H28N2O2. The molecule has 2 aliphatic rings. The number of hydrogen-bond acceptors (Lipinski definition) is 3. The van der Waals surface area contributed by atoms with Gasteiger partial charge >= 0.3 is 5.97 Å². The van der Waals surface area contributed by atoms with Crippen LogP contribution in [0.3, 0.4) is 0 Å². The Balaban J connectivity index is 2.02. The summed E-state index contributed by atoms with van der Waals surface area (Å²) in [6.07, 6.45) is 7.57. The number of rotatable bonds is 4. The van der Waals surface area contributed by atoms with Gasteiger partial charge in [-0.2, -0.15) is 0 Å². The molecule has 19 heavy (non-hydrogen) atoms. The lowest BCUT2D eigenvalue weighted by Gasteiger charge is -2.45. The average molecular weight is 268 g/mol. The predicted octanol–water partition coefficient (Wildman–Crippen LogP) is 2.09. The first kappa shape index (κ1) is 14.8. The van der Waals surface area contributed by atoms with Crippen LogP contribution >= 0.6 is 0 Å². The van der Waals surface area contributed by atoms with Crippen molar-refractivity contribution in [1.29, 1.82) is 0 Å². The molecule has 0 amide bonds. The van der Waals surface area contributed by atoms with Gasteiger partial charge in [-0.15, -0.1) is 0 Å². The van der Waals surface area contributed by atoms with E-state index in [1.807, 2.05) is 0 Å². The van der Waals surface area contributed by atoms with E-state index in [-0.39, 0.29) is 0 Å². The maximum atomic E-state index is 11.6. The summed E-state index contributed by atoms with van der Waals surface area (Å²) in [6.45, 7) is 4.59. The molecule has 1 saturated carbocycles. The molecule has 1 saturated heterocycles. The molecule has 3 atom stereocenters. The van der Waals surface area contributed by atoms with Crippen LogP contribution < -0.4 is 5.32 Å². The van der Waals surface area contributed by atoms with E-state index in [1.165, 1.54) is 25.8 Å². The van der Waals surface area contributed by atoms with Crippen molar-refractivity contribution in [1.82, 2.24) is 10.2 Å². The minimum absolute atomic E-state index is 0.451. The fourth-order valence-electron chi connectivity index (χ4n) is 3.85. The zero-order valence-corrected chi connectivity index (χ0v) is 12.3. The van der Waals surface area contributed by atoms with Crippen LogP contribution in [0.1, 0.15) is 51.9 Å². The number of nitrogens with one attached hydrogen (secondary N) is 1. The van der Waals surface area contributed by atoms with E-state index in [4.69, 9.17) is 0 Å². The molecular weight excluding hydrogens is 240 g/mol. The number of carbonyl (C=O) groups is 1. The van der Waals surface area contributed by atoms with Crippen LogP contribution in [0.2, 0.25) is 0 Å². The number of aliphatic carboxylic acids is 1. The zero-order chi connectivity index (χ0) is 13.9. The van der Waals surface area contributed by atoms with E-state index in [1.54, 1.807) is 7.05 Å². The zero-order valence-electron chi connectivity index (χ0n) is 12.3. The van der Waals surface area contributed by atoms with Crippen molar-refractivity contribution in [3.05, 3.63) is 0 Å². The summed E-state index contributed by atoms with van der Waals surface area (Å²) in [5.41, 5.74) is -0.692. The quantitative estimate of drug-likeness (QED) is 0.820. The first-order chi connectivity index (χ1) is 9.11. The molecule has 3 unspecified atom stereocenters. The fraction of sp³-hybridized carbons (Fsp3) is 0.933. The third kappa shape index (κ3) is 3.11. The van der Waals surface area contributed by atoms with Crippen LogP contribution in [0.5, 0.6) is 0 Å². The fourth-order valence-corrected chi connectivity index (χ4v) is 3.85. The Hall–Kier alpha value is -0.610. The van der Waals surface area contributed by atoms with Gasteiger partial charge in [0, 0.05) is 12.6 Å². The van der Waals surface area contributed by atoms with Gasteiger partial charge in [-0.1, -0.05) is 13.3 Å². The first-order valence-electron chi connectivity index (χ1n) is 7.77. The van der Waals surface area contributed by atoms with Crippen molar-refractivity contribution in [3.8, 4) is 0 Å². The third-order valence-corrected chi connectivity index (χ3v) is 5.26. The number of likely N-dealkylation sites (N-methyl/N-ethyl adjacent to an activating group) is 1. The highest BCUT2D eigenvalue weighted by Gasteiger charge is 2.43. The summed E-state index contributed by atoms with van der Waals surface area (Å²) in [5.74, 6) is 0.133. The molecule has 0 radical (unpaired) electrons. The second-order valence-corrected chi connectivity index (χ2v) is 6.30. The van der Waals surface area contributed by atoms with Gasteiger partial charge in [0.15, 0.2) is 0 Å². The number of likely N-dealkylation sites (tertiary alicyclic amines) is 1. The molecule has 4 heteroatoms. The molecule has 2 rings (SSSR count). The Kier molecular flexibility index (Phi) is 4.85. The lowest BCUT2D eigenvalue weighted by Crippen LogP contribution is -2.58. The lowest BCUT2D eigenvalue weighted by atomic mass is 9.77. The van der Waals surface area contributed by atoms with Crippen LogP contribution in [0.15, 0.2) is 0 Å². The summed E-state index contributed by atoms with van der Waals surface area (Å²) < 4.78 is 0. The normalized spacial score (nSPS) is 37.2. The van der Waals surface area contributed by atoms with Gasteiger partial charge in [-0.3, -0.25) is 4.79 Å². The van der Waals surface area contributed by atoms with Crippen molar-refractivity contribution in [2.45, 2.75) is 63.5 Å². The largest absolute Gasteiger partial charge is 0.480 e. The minimum Gasteiger partial charge on any atom is -0.480 e. The van der Waals surface area contributed by atoms with Crippen molar-refractivity contribution in [3.63, 3.8) is 0 Å². The molecule has 2 N–H and O–H groups in total. The van der Waals surface area contributed by atoms with Gasteiger partial charge in [0.2, 0.25) is 0 Å². The van der Waals surface area contributed by atoms with Gasteiger partial charge in [-0.25, -0.2) is 0 Å². The number of carboxylic acids is 1. The molecule has 0 aromatic carbocycles. The maximum Gasteiger partial charge on any atom is 0.323 e. The Bertz CT molecular complexity index is 321. The summed E-state index contributed by atoms with van der Waals surface area (Å²) in [7, 11) is 1.79. The number of hydrogen-bond donors (Lipinski definition) is 2. The van der Waals surface area contributed by atoms with E-state index in [2.05, 4.69) is 17.1 Å². The van der Waals surface area contributed by atoms with Gasteiger partial charge in [-0.05, 0) is 58.0 Å². The molecule has 1 aliphatic carbocycles. The Morgan fingerprint density at radius 1 is 1.42 bits per heavy atom. The van der Waals surface area contributed by atoms with Crippen LogP contribution in [0.4, 0.5) is 0 Å². The minimum atomic E-state index is -0.692. The second-order valence-electron chi connectivity index (χ2n) is 6.30. The predicted molar refractivity (Wildman–Crippen MR) is 76.3 cm³/mol. The molecule has 2 fully saturated rings. The first-order valence-corrected chi connectivity index (χ1v) is 7.77. The highest BCUT2D eigenvalue weighted by atomic mass is 16.4. The Morgan fingerprint density at radius 2 is 2.21 bits per heavy atom. The van der Waals surface area contributed by atoms with E-state index in [9.17, 15) is 9.90 Å². The number of carboxylic acid groups (broad SMARTS) is 1. The van der Waals surface area contributed by atoms with E-state index in [0.29, 0.717) is 6.04 Å². The summed E-state index contributed by atoms with van der Waals surface area (Å²) in [4.78, 5) is 14.1. The van der Waals surface area contributed by atoms with Crippen LogP contribution in [-0.2, 0) is 4.79 Å². The molecule has 0 aromatic heterocycles. The van der Waals surface area contributed by atoms with Crippen molar-refractivity contribution in [2.24, 2.45) is 5.92 Å². The summed E-state index contributed by atoms with van der Waals surface area (Å²) in [5, 5.41) is 12.6. The SMILES string of the molecule is CCC1CCCN(C2CCCC(NC)(C(=O)O)C2)C1. The average Bonchev–Trinajstić information content (AvgIpc) is 2.47. The van der Waals surface area contributed by atoms with Crippen molar-refractivity contribution in [2.75, 3.05) is 20.1 Å². The summed E-state index contributed by atoms with van der Waals surface area (Å²) >= 11 is 0. The Morgan fingerprint density at radius 3 is 2.84 bits per heavy atom. The monoisotopic (exact) mass is 268 g/mol. The van der Waals surface area contributed by atoms with Gasteiger partial charge in [0.25, 0.3) is 0 Å². The third-order valence-electron chi connectivity index (χ3n) is 5.26. The topological polar surface area (TPSA) is 52.6 Å².